The predicted octanol–water partition coefficient (Wildman–Crippen LogP) is 1.12. The zero-order valence-corrected chi connectivity index (χ0v) is 13.9. The molecule has 1 fully saturated rings. The number of carbonyl (C=O) groups excluding carboxylic acids is 3. The Kier molecular flexibility index (Phi) is 3.28. The average molecular weight is 338 g/mol. The van der Waals surface area contributed by atoms with Gasteiger partial charge in [0.2, 0.25) is 11.8 Å². The molecule has 0 radical (unpaired) electrons. The van der Waals surface area contributed by atoms with E-state index in [0.29, 0.717) is 17.1 Å². The van der Waals surface area contributed by atoms with E-state index in [4.69, 9.17) is 0 Å². The summed E-state index contributed by atoms with van der Waals surface area (Å²) >= 11 is 0. The third-order valence-electron chi connectivity index (χ3n) is 5.34. The van der Waals surface area contributed by atoms with Gasteiger partial charge in [-0.25, -0.2) is 4.98 Å². The Bertz CT molecular complexity index is 903. The lowest BCUT2D eigenvalue weighted by Crippen LogP contribution is -2.30. The molecule has 2 heterocycles. The highest BCUT2D eigenvalue weighted by atomic mass is 16.2. The number of nitrogens with one attached hydrogen (secondary N) is 2. The van der Waals surface area contributed by atoms with Crippen LogP contribution in [0.1, 0.15) is 23.1 Å². The molecule has 2 N–H and O–H groups in total. The standard InChI is InChI=1S/C18H18N4O3/c1-18-13(16(24)20-9-12-19-7-8-22(12)2)14(18)17(25)21-11-6-4-3-5-10(11)15(18)23/h3-8,13-14H,9H2,1-2H3,(H,20,24)(H,21,25)/t13-,14?,18+/m0/s1. The summed E-state index contributed by atoms with van der Waals surface area (Å²) in [5, 5.41) is 5.58. The molecule has 2 amide bonds. The highest BCUT2D eigenvalue weighted by Gasteiger charge is 2.73. The predicted molar refractivity (Wildman–Crippen MR) is 89.5 cm³/mol. The van der Waals surface area contributed by atoms with Crippen molar-refractivity contribution in [3.63, 3.8) is 0 Å². The number of carbonyl (C=O) groups is 3. The Balaban J connectivity index is 1.57. The van der Waals surface area contributed by atoms with Gasteiger partial charge in [-0.1, -0.05) is 19.1 Å². The second kappa shape index (κ2) is 5.27. The first-order valence-corrected chi connectivity index (χ1v) is 8.13. The summed E-state index contributed by atoms with van der Waals surface area (Å²) in [6, 6.07) is 6.91. The summed E-state index contributed by atoms with van der Waals surface area (Å²) < 4.78 is 1.81. The van der Waals surface area contributed by atoms with Crippen LogP contribution in [-0.2, 0) is 23.2 Å². The molecule has 1 aromatic carbocycles. The first-order chi connectivity index (χ1) is 11.9. The van der Waals surface area contributed by atoms with Crippen molar-refractivity contribution in [1.29, 1.82) is 0 Å². The van der Waals surface area contributed by atoms with Gasteiger partial charge in [-0.05, 0) is 12.1 Å². The van der Waals surface area contributed by atoms with Crippen molar-refractivity contribution in [3.05, 3.63) is 48.0 Å². The number of hydrogen-bond acceptors (Lipinski definition) is 4. The molecule has 2 aromatic rings. The molecule has 25 heavy (non-hydrogen) atoms. The smallest absolute Gasteiger partial charge is 0.229 e. The zero-order chi connectivity index (χ0) is 17.8. The van der Waals surface area contributed by atoms with Gasteiger partial charge in [0.05, 0.1) is 29.5 Å². The molecule has 1 unspecified atom stereocenters. The van der Waals surface area contributed by atoms with Crippen LogP contribution in [0.5, 0.6) is 0 Å². The number of aromatic nitrogens is 2. The number of ketones is 1. The summed E-state index contributed by atoms with van der Waals surface area (Å²) in [7, 11) is 1.84. The van der Waals surface area contributed by atoms with E-state index in [1.165, 1.54) is 0 Å². The Morgan fingerprint density at radius 3 is 2.84 bits per heavy atom. The Labute approximate surface area is 144 Å². The van der Waals surface area contributed by atoms with Gasteiger partial charge in [0.15, 0.2) is 5.78 Å². The number of anilines is 1. The number of imidazole rings is 1. The summed E-state index contributed by atoms with van der Waals surface area (Å²) in [4.78, 5) is 42.2. The second-order valence-corrected chi connectivity index (χ2v) is 6.77. The first-order valence-electron chi connectivity index (χ1n) is 8.13. The zero-order valence-electron chi connectivity index (χ0n) is 13.9. The van der Waals surface area contributed by atoms with E-state index in [1.54, 1.807) is 48.1 Å². The van der Waals surface area contributed by atoms with Crippen LogP contribution in [-0.4, -0.2) is 27.1 Å². The molecule has 4 rings (SSSR count). The van der Waals surface area contributed by atoms with Crippen molar-refractivity contribution >= 4 is 23.3 Å². The third-order valence-corrected chi connectivity index (χ3v) is 5.34. The fraction of sp³-hybridized carbons (Fsp3) is 0.333. The topological polar surface area (TPSA) is 93.1 Å². The lowest BCUT2D eigenvalue weighted by atomic mass is 9.92. The number of para-hydroxylation sites is 1. The molecule has 1 aromatic heterocycles. The van der Waals surface area contributed by atoms with Gasteiger partial charge in [-0.3, -0.25) is 14.4 Å². The van der Waals surface area contributed by atoms with Gasteiger partial charge >= 0.3 is 0 Å². The molecular weight excluding hydrogens is 320 g/mol. The largest absolute Gasteiger partial charge is 0.349 e. The summed E-state index contributed by atoms with van der Waals surface area (Å²) in [5.41, 5.74) is -0.0269. The number of nitrogens with zero attached hydrogens (tertiary/aromatic N) is 2. The quantitative estimate of drug-likeness (QED) is 0.877. The number of fused-ring (bicyclic) bond motifs is 2. The summed E-state index contributed by atoms with van der Waals surface area (Å²) in [5.74, 6) is -1.33. The molecule has 7 nitrogen and oxygen atoms in total. The highest BCUT2D eigenvalue weighted by molar-refractivity contribution is 6.19. The minimum absolute atomic E-state index is 0.163. The molecule has 1 aliphatic carbocycles. The molecule has 128 valence electrons. The van der Waals surface area contributed by atoms with E-state index < -0.39 is 17.3 Å². The van der Waals surface area contributed by atoms with Crippen LogP contribution in [0.25, 0.3) is 0 Å². The van der Waals surface area contributed by atoms with E-state index >= 15 is 0 Å². The Hall–Kier alpha value is -2.96. The van der Waals surface area contributed by atoms with E-state index in [9.17, 15) is 14.4 Å². The van der Waals surface area contributed by atoms with E-state index in [2.05, 4.69) is 15.6 Å². The number of aryl methyl sites for hydroxylation is 1. The number of hydrogen-bond donors (Lipinski definition) is 2. The van der Waals surface area contributed by atoms with Crippen molar-refractivity contribution in [2.75, 3.05) is 5.32 Å². The average Bonchev–Trinajstić information content (AvgIpc) is 3.06. The van der Waals surface area contributed by atoms with Crippen molar-refractivity contribution in [3.8, 4) is 0 Å². The lowest BCUT2D eigenvalue weighted by Gasteiger charge is -2.12. The van der Waals surface area contributed by atoms with Crippen molar-refractivity contribution < 1.29 is 14.4 Å². The van der Waals surface area contributed by atoms with Gasteiger partial charge in [-0.2, -0.15) is 0 Å². The maximum Gasteiger partial charge on any atom is 0.229 e. The van der Waals surface area contributed by atoms with Gasteiger partial charge in [0.1, 0.15) is 5.82 Å². The number of Topliss-reactive ketones (excluding diaryl/α,β-unsaturated/α-hetero) is 1. The third kappa shape index (κ3) is 2.19. The fourth-order valence-electron chi connectivity index (χ4n) is 3.78. The van der Waals surface area contributed by atoms with E-state index in [0.717, 1.165) is 0 Å². The summed E-state index contributed by atoms with van der Waals surface area (Å²) in [6.45, 7) is 1.96. The molecule has 1 saturated carbocycles. The van der Waals surface area contributed by atoms with Gasteiger partial charge < -0.3 is 15.2 Å². The minimum atomic E-state index is -0.998. The van der Waals surface area contributed by atoms with E-state index in [-0.39, 0.29) is 24.1 Å². The normalized spacial score (nSPS) is 27.0. The van der Waals surface area contributed by atoms with Crippen LogP contribution in [0.3, 0.4) is 0 Å². The van der Waals surface area contributed by atoms with Gasteiger partial charge in [-0.15, -0.1) is 0 Å². The number of benzene rings is 1. The van der Waals surface area contributed by atoms with Crippen LogP contribution in [0.2, 0.25) is 0 Å². The molecule has 0 spiro atoms. The molecule has 0 saturated heterocycles. The monoisotopic (exact) mass is 338 g/mol. The fourth-order valence-corrected chi connectivity index (χ4v) is 3.78. The van der Waals surface area contributed by atoms with Crippen LogP contribution in [0.15, 0.2) is 36.7 Å². The molecule has 3 atom stereocenters. The molecular formula is C18H18N4O3. The molecule has 0 bridgehead atoms. The Morgan fingerprint density at radius 1 is 1.36 bits per heavy atom. The molecule has 2 aliphatic rings. The number of rotatable bonds is 3. The first kappa shape index (κ1) is 15.6. The molecule has 7 heteroatoms. The van der Waals surface area contributed by atoms with Crippen molar-refractivity contribution in [2.24, 2.45) is 24.3 Å². The van der Waals surface area contributed by atoms with E-state index in [1.807, 2.05) is 7.05 Å². The maximum absolute atomic E-state index is 13.0. The lowest BCUT2D eigenvalue weighted by molar-refractivity contribution is -0.125. The van der Waals surface area contributed by atoms with Crippen LogP contribution in [0, 0.1) is 17.3 Å². The molecule has 1 aliphatic heterocycles. The minimum Gasteiger partial charge on any atom is -0.349 e. The second-order valence-electron chi connectivity index (χ2n) is 6.77. The summed E-state index contributed by atoms with van der Waals surface area (Å²) in [6.07, 6.45) is 3.44. The Morgan fingerprint density at radius 2 is 2.12 bits per heavy atom. The highest BCUT2D eigenvalue weighted by Crippen LogP contribution is 2.62. The number of amides is 2. The van der Waals surface area contributed by atoms with Crippen LogP contribution in [0.4, 0.5) is 5.69 Å². The van der Waals surface area contributed by atoms with Crippen molar-refractivity contribution in [2.45, 2.75) is 13.5 Å². The van der Waals surface area contributed by atoms with Gasteiger partial charge in [0.25, 0.3) is 0 Å². The SMILES string of the molecule is Cn1ccnc1CNC(=O)[C@@H]1C2C(=O)Nc3ccccc3C(=O)[C@@]21C. The van der Waals surface area contributed by atoms with Gasteiger partial charge in [0, 0.05) is 25.0 Å². The van der Waals surface area contributed by atoms with Crippen LogP contribution >= 0.6 is 0 Å². The van der Waals surface area contributed by atoms with Crippen LogP contribution < -0.4 is 10.6 Å². The van der Waals surface area contributed by atoms with Crippen molar-refractivity contribution in [1.82, 2.24) is 14.9 Å². The maximum atomic E-state index is 13.0.